The summed E-state index contributed by atoms with van der Waals surface area (Å²) in [7, 11) is 0. The molecule has 1 aromatic heterocycles. The van der Waals surface area contributed by atoms with E-state index < -0.39 is 12.0 Å². The summed E-state index contributed by atoms with van der Waals surface area (Å²) >= 11 is 8.14. The monoisotopic (exact) mass is 558 g/mol. The number of nitrogens with one attached hydrogen (secondary N) is 1. The SMILES string of the molecule is CCOC(=O)C1=C(c2ccccc2)N=C2SC=C(CC(=O)NCCc3ccccn3)N2[C@H]1c1ccccc1Cl. The molecule has 3 aromatic rings. The van der Waals surface area contributed by atoms with Gasteiger partial charge in [0.15, 0.2) is 5.17 Å². The van der Waals surface area contributed by atoms with Crippen molar-refractivity contribution in [1.82, 2.24) is 15.2 Å². The predicted molar refractivity (Wildman–Crippen MR) is 155 cm³/mol. The van der Waals surface area contributed by atoms with Crippen LogP contribution in [0.2, 0.25) is 5.02 Å². The van der Waals surface area contributed by atoms with Crippen LogP contribution >= 0.6 is 23.4 Å². The summed E-state index contributed by atoms with van der Waals surface area (Å²) in [5, 5.41) is 6.08. The number of ether oxygens (including phenoxy) is 1. The maximum atomic E-state index is 13.5. The van der Waals surface area contributed by atoms with Gasteiger partial charge in [0.25, 0.3) is 0 Å². The van der Waals surface area contributed by atoms with E-state index in [2.05, 4.69) is 10.3 Å². The van der Waals surface area contributed by atoms with Gasteiger partial charge in [0.2, 0.25) is 5.91 Å². The first-order chi connectivity index (χ1) is 19.1. The third kappa shape index (κ3) is 5.92. The number of benzene rings is 2. The number of amides is 1. The van der Waals surface area contributed by atoms with Crippen molar-refractivity contribution in [2.24, 2.45) is 4.99 Å². The zero-order chi connectivity index (χ0) is 27.2. The minimum atomic E-state index is -0.622. The second-order valence-electron chi connectivity index (χ2n) is 8.86. The number of esters is 1. The topological polar surface area (TPSA) is 83.9 Å². The number of halogens is 1. The Morgan fingerprint density at radius 2 is 1.82 bits per heavy atom. The largest absolute Gasteiger partial charge is 0.463 e. The average Bonchev–Trinajstić information content (AvgIpc) is 3.35. The number of aliphatic imine (C=N–C) groups is 1. The molecule has 0 radical (unpaired) electrons. The Bertz CT molecular complexity index is 1460. The first kappa shape index (κ1) is 26.7. The Labute approximate surface area is 236 Å². The van der Waals surface area contributed by atoms with Crippen LogP contribution in [0, 0.1) is 0 Å². The molecule has 198 valence electrons. The van der Waals surface area contributed by atoms with Crippen LogP contribution in [0.5, 0.6) is 0 Å². The summed E-state index contributed by atoms with van der Waals surface area (Å²) in [5.74, 6) is -0.604. The maximum Gasteiger partial charge on any atom is 0.338 e. The lowest BCUT2D eigenvalue weighted by Crippen LogP contribution is -2.38. The van der Waals surface area contributed by atoms with E-state index in [0.717, 1.165) is 22.5 Å². The molecule has 1 N–H and O–H groups in total. The van der Waals surface area contributed by atoms with Crippen LogP contribution in [-0.2, 0) is 20.7 Å². The first-order valence-corrected chi connectivity index (χ1v) is 13.9. The number of rotatable bonds is 9. The second kappa shape index (κ2) is 12.3. The van der Waals surface area contributed by atoms with Gasteiger partial charge in [-0.3, -0.25) is 9.78 Å². The molecule has 0 aliphatic carbocycles. The molecule has 5 rings (SSSR count). The summed E-state index contributed by atoms with van der Waals surface area (Å²) < 4.78 is 5.54. The number of hydrogen-bond acceptors (Lipinski definition) is 7. The number of carbonyl (C=O) groups excluding carboxylic acids is 2. The summed E-state index contributed by atoms with van der Waals surface area (Å²) in [6.07, 6.45) is 2.49. The fourth-order valence-corrected chi connectivity index (χ4v) is 5.74. The van der Waals surface area contributed by atoms with Gasteiger partial charge in [-0.05, 0) is 36.1 Å². The third-order valence-corrected chi connectivity index (χ3v) is 7.56. The molecule has 9 heteroatoms. The molecule has 0 unspecified atom stereocenters. The van der Waals surface area contributed by atoms with Gasteiger partial charge in [-0.15, -0.1) is 0 Å². The van der Waals surface area contributed by atoms with E-state index in [1.165, 1.54) is 11.8 Å². The van der Waals surface area contributed by atoms with Gasteiger partial charge in [-0.2, -0.15) is 0 Å². The zero-order valence-electron chi connectivity index (χ0n) is 21.3. The van der Waals surface area contributed by atoms with E-state index in [-0.39, 0.29) is 18.9 Å². The first-order valence-electron chi connectivity index (χ1n) is 12.7. The van der Waals surface area contributed by atoms with Gasteiger partial charge < -0.3 is 15.0 Å². The van der Waals surface area contributed by atoms with Crippen molar-refractivity contribution in [1.29, 1.82) is 0 Å². The highest BCUT2D eigenvalue weighted by atomic mass is 35.5. The Morgan fingerprint density at radius 3 is 2.56 bits per heavy atom. The van der Waals surface area contributed by atoms with Crippen LogP contribution in [0.4, 0.5) is 0 Å². The quantitative estimate of drug-likeness (QED) is 0.336. The van der Waals surface area contributed by atoms with Gasteiger partial charge in [0.1, 0.15) is 0 Å². The Morgan fingerprint density at radius 1 is 1.05 bits per heavy atom. The number of aromatic nitrogens is 1. The number of hydrogen-bond donors (Lipinski definition) is 1. The van der Waals surface area contributed by atoms with Gasteiger partial charge in [0.05, 0.1) is 30.3 Å². The lowest BCUT2D eigenvalue weighted by Gasteiger charge is -2.37. The Kier molecular flexibility index (Phi) is 8.44. The second-order valence-corrected chi connectivity index (χ2v) is 10.1. The van der Waals surface area contributed by atoms with Gasteiger partial charge in [-0.25, -0.2) is 9.79 Å². The minimum Gasteiger partial charge on any atom is -0.463 e. The van der Waals surface area contributed by atoms with Crippen LogP contribution < -0.4 is 5.32 Å². The molecule has 1 atom stereocenters. The van der Waals surface area contributed by atoms with Crippen molar-refractivity contribution in [3.8, 4) is 0 Å². The fraction of sp³-hybridized carbons (Fsp3) is 0.200. The van der Waals surface area contributed by atoms with E-state index in [1.54, 1.807) is 19.2 Å². The molecule has 2 aliphatic heterocycles. The number of thioether (sulfide) groups is 1. The fourth-order valence-electron chi connectivity index (χ4n) is 4.58. The Balaban J connectivity index is 1.48. The third-order valence-electron chi connectivity index (χ3n) is 6.32. The number of pyridine rings is 1. The Hall–Kier alpha value is -3.88. The standard InChI is InChI=1S/C30H27ClN4O3S/c1-2-38-29(37)26-27(20-10-4-3-5-11-20)34-30-35(28(26)23-13-6-7-14-24(23)31)22(19-39-30)18-25(36)33-17-15-21-12-8-9-16-32-21/h3-14,16,19,28H,2,15,17-18H2,1H3,(H,33,36)/t28-/m0/s1. The number of nitrogens with zero attached hydrogens (tertiary/aromatic N) is 3. The average molecular weight is 559 g/mol. The maximum absolute atomic E-state index is 13.5. The van der Waals surface area contributed by atoms with Crippen LogP contribution in [-0.4, -0.2) is 40.1 Å². The molecule has 7 nitrogen and oxygen atoms in total. The normalized spacial score (nSPS) is 16.4. The van der Waals surface area contributed by atoms with Crippen molar-refractivity contribution in [2.75, 3.05) is 13.2 Å². The summed E-state index contributed by atoms with van der Waals surface area (Å²) in [5.41, 5.74) is 4.08. The predicted octanol–water partition coefficient (Wildman–Crippen LogP) is 5.76. The number of carbonyl (C=O) groups is 2. The zero-order valence-corrected chi connectivity index (χ0v) is 22.9. The highest BCUT2D eigenvalue weighted by Crippen LogP contribution is 2.48. The van der Waals surface area contributed by atoms with Crippen molar-refractivity contribution in [3.05, 3.63) is 118 Å². The van der Waals surface area contributed by atoms with Crippen LogP contribution in [0.3, 0.4) is 0 Å². The highest BCUT2D eigenvalue weighted by Gasteiger charge is 2.43. The van der Waals surface area contributed by atoms with Gasteiger partial charge >= 0.3 is 5.97 Å². The number of amidine groups is 1. The van der Waals surface area contributed by atoms with Gasteiger partial charge in [0, 0.05) is 41.1 Å². The smallest absolute Gasteiger partial charge is 0.338 e. The molecule has 0 spiro atoms. The molecule has 0 fully saturated rings. The van der Waals surface area contributed by atoms with E-state index in [0.29, 0.717) is 34.4 Å². The lowest BCUT2D eigenvalue weighted by atomic mass is 9.91. The van der Waals surface area contributed by atoms with E-state index in [4.69, 9.17) is 21.3 Å². The van der Waals surface area contributed by atoms with E-state index in [1.807, 2.05) is 77.0 Å². The molecule has 0 saturated heterocycles. The van der Waals surface area contributed by atoms with E-state index >= 15 is 0 Å². The summed E-state index contributed by atoms with van der Waals surface area (Å²) in [6.45, 7) is 2.46. The molecule has 2 aliphatic rings. The van der Waals surface area contributed by atoms with Crippen LogP contribution in [0.1, 0.15) is 36.2 Å². The molecule has 0 saturated carbocycles. The van der Waals surface area contributed by atoms with Crippen LogP contribution in [0.15, 0.2) is 101 Å². The number of fused-ring (bicyclic) bond motifs is 1. The molecule has 1 amide bonds. The molecular weight excluding hydrogens is 532 g/mol. The summed E-state index contributed by atoms with van der Waals surface area (Å²) in [6, 6.07) is 22.1. The van der Waals surface area contributed by atoms with E-state index in [9.17, 15) is 9.59 Å². The van der Waals surface area contributed by atoms with Gasteiger partial charge in [-0.1, -0.05) is 78.0 Å². The molecule has 39 heavy (non-hydrogen) atoms. The molecule has 3 heterocycles. The van der Waals surface area contributed by atoms with Crippen molar-refractivity contribution in [3.63, 3.8) is 0 Å². The van der Waals surface area contributed by atoms with Crippen molar-refractivity contribution < 1.29 is 14.3 Å². The van der Waals surface area contributed by atoms with Crippen LogP contribution in [0.25, 0.3) is 5.70 Å². The van der Waals surface area contributed by atoms with Crippen molar-refractivity contribution >= 4 is 46.1 Å². The molecule has 2 aromatic carbocycles. The van der Waals surface area contributed by atoms with Crippen molar-refractivity contribution in [2.45, 2.75) is 25.8 Å². The highest BCUT2D eigenvalue weighted by molar-refractivity contribution is 8.16. The lowest BCUT2D eigenvalue weighted by molar-refractivity contribution is -0.139. The summed E-state index contributed by atoms with van der Waals surface area (Å²) in [4.78, 5) is 37.7. The molecule has 0 bridgehead atoms. The molecular formula is C30H27ClN4O3S. The minimum absolute atomic E-state index is 0.117.